The lowest BCUT2D eigenvalue weighted by Gasteiger charge is -2.06. The molecule has 0 saturated heterocycles. The quantitative estimate of drug-likeness (QED) is 0.829. The van der Waals surface area contributed by atoms with E-state index >= 15 is 0 Å². The van der Waals surface area contributed by atoms with E-state index in [2.05, 4.69) is 26.6 Å². The molecule has 0 radical (unpaired) electrons. The normalized spacial score (nSPS) is 10.1. The van der Waals surface area contributed by atoms with Crippen molar-refractivity contribution in [2.45, 2.75) is 0 Å². The Balaban J connectivity index is 2.86. The van der Waals surface area contributed by atoms with E-state index in [0.29, 0.717) is 6.07 Å². The average Bonchev–Trinajstić information content (AvgIpc) is 2.14. The fourth-order valence-corrected chi connectivity index (χ4v) is 1.32. The highest BCUT2D eigenvalue weighted by Gasteiger charge is 2.10. The van der Waals surface area contributed by atoms with Gasteiger partial charge in [0.05, 0.1) is 16.7 Å². The summed E-state index contributed by atoms with van der Waals surface area (Å²) in [7, 11) is 1.59. The molecular formula is C9H9BrF2N2O. The van der Waals surface area contributed by atoms with E-state index in [-0.39, 0.29) is 16.7 Å². The predicted molar refractivity (Wildman–Crippen MR) is 56.6 cm³/mol. The van der Waals surface area contributed by atoms with E-state index < -0.39 is 17.5 Å². The maximum absolute atomic E-state index is 13.1. The van der Waals surface area contributed by atoms with Crippen LogP contribution >= 0.6 is 15.9 Å². The maximum Gasteiger partial charge on any atom is 0.238 e. The molecule has 1 amide bonds. The van der Waals surface area contributed by atoms with E-state index in [9.17, 15) is 13.6 Å². The van der Waals surface area contributed by atoms with Crippen molar-refractivity contribution in [3.05, 3.63) is 28.2 Å². The summed E-state index contributed by atoms with van der Waals surface area (Å²) in [6, 6.07) is 1.89. The minimum absolute atomic E-state index is 0.0523. The van der Waals surface area contributed by atoms with Gasteiger partial charge in [-0.15, -0.1) is 0 Å². The van der Waals surface area contributed by atoms with Gasteiger partial charge in [-0.1, -0.05) is 0 Å². The second-order valence-corrected chi connectivity index (χ2v) is 3.68. The molecule has 6 heteroatoms. The number of likely N-dealkylation sites (N-methyl/N-ethyl adjacent to an activating group) is 1. The number of rotatable bonds is 3. The third-order valence-corrected chi connectivity index (χ3v) is 2.23. The van der Waals surface area contributed by atoms with Crippen LogP contribution in [0.25, 0.3) is 0 Å². The summed E-state index contributed by atoms with van der Waals surface area (Å²) in [4.78, 5) is 11.1. The smallest absolute Gasteiger partial charge is 0.238 e. The van der Waals surface area contributed by atoms with Crippen molar-refractivity contribution in [2.24, 2.45) is 0 Å². The van der Waals surface area contributed by atoms with Gasteiger partial charge in [0.15, 0.2) is 0 Å². The van der Waals surface area contributed by atoms with Crippen LogP contribution in [0, 0.1) is 11.6 Å². The highest BCUT2D eigenvalue weighted by molar-refractivity contribution is 9.10. The fourth-order valence-electron chi connectivity index (χ4n) is 0.973. The van der Waals surface area contributed by atoms with Crippen molar-refractivity contribution in [1.29, 1.82) is 0 Å². The lowest BCUT2D eigenvalue weighted by Crippen LogP contribution is -2.25. The summed E-state index contributed by atoms with van der Waals surface area (Å²) in [5, 5.41) is 4.92. The summed E-state index contributed by atoms with van der Waals surface area (Å²) in [5.74, 6) is -1.91. The Morgan fingerprint density at radius 3 is 2.67 bits per heavy atom. The minimum Gasteiger partial charge on any atom is -0.322 e. The van der Waals surface area contributed by atoms with Gasteiger partial charge in [0.25, 0.3) is 0 Å². The minimum atomic E-state index is -0.805. The van der Waals surface area contributed by atoms with Gasteiger partial charge in [-0.2, -0.15) is 0 Å². The van der Waals surface area contributed by atoms with Crippen molar-refractivity contribution in [1.82, 2.24) is 5.32 Å². The zero-order valence-corrected chi connectivity index (χ0v) is 9.49. The van der Waals surface area contributed by atoms with Gasteiger partial charge in [-0.25, -0.2) is 8.78 Å². The third-order valence-electron chi connectivity index (χ3n) is 1.62. The number of carbonyl (C=O) groups excluding carboxylic acids is 1. The molecule has 3 nitrogen and oxygen atoms in total. The SMILES string of the molecule is CNCC(=O)Nc1cc(Br)c(F)cc1F. The molecule has 0 unspecified atom stereocenters. The molecule has 2 N–H and O–H groups in total. The Morgan fingerprint density at radius 1 is 1.40 bits per heavy atom. The largest absolute Gasteiger partial charge is 0.322 e. The summed E-state index contributed by atoms with van der Waals surface area (Å²) in [6.07, 6.45) is 0. The highest BCUT2D eigenvalue weighted by Crippen LogP contribution is 2.23. The first kappa shape index (κ1) is 12.1. The van der Waals surface area contributed by atoms with Crippen molar-refractivity contribution in [2.75, 3.05) is 18.9 Å². The Bertz CT molecular complexity index is 385. The monoisotopic (exact) mass is 278 g/mol. The van der Waals surface area contributed by atoms with Crippen LogP contribution in [0.2, 0.25) is 0 Å². The third kappa shape index (κ3) is 3.24. The molecule has 0 fully saturated rings. The van der Waals surface area contributed by atoms with E-state index in [1.54, 1.807) is 7.05 Å². The van der Waals surface area contributed by atoms with Gasteiger partial charge in [0.2, 0.25) is 5.91 Å². The van der Waals surface area contributed by atoms with Crippen LogP contribution in [-0.2, 0) is 4.79 Å². The lowest BCUT2D eigenvalue weighted by molar-refractivity contribution is -0.115. The van der Waals surface area contributed by atoms with Gasteiger partial charge in [0, 0.05) is 6.07 Å². The van der Waals surface area contributed by atoms with Crippen molar-refractivity contribution in [3.8, 4) is 0 Å². The maximum atomic E-state index is 13.1. The van der Waals surface area contributed by atoms with Crippen molar-refractivity contribution >= 4 is 27.5 Å². The van der Waals surface area contributed by atoms with Crippen LogP contribution in [0.4, 0.5) is 14.5 Å². The van der Waals surface area contributed by atoms with Gasteiger partial charge < -0.3 is 10.6 Å². The molecular weight excluding hydrogens is 270 g/mol. The number of nitrogens with one attached hydrogen (secondary N) is 2. The molecule has 0 aliphatic carbocycles. The van der Waals surface area contributed by atoms with Crippen molar-refractivity contribution in [3.63, 3.8) is 0 Å². The molecule has 1 aromatic carbocycles. The van der Waals surface area contributed by atoms with E-state index in [4.69, 9.17) is 0 Å². The topological polar surface area (TPSA) is 41.1 Å². The molecule has 1 rings (SSSR count). The van der Waals surface area contributed by atoms with E-state index in [1.165, 1.54) is 6.07 Å². The molecule has 15 heavy (non-hydrogen) atoms. The highest BCUT2D eigenvalue weighted by atomic mass is 79.9. The Morgan fingerprint density at radius 2 is 2.07 bits per heavy atom. The van der Waals surface area contributed by atoms with Crippen LogP contribution < -0.4 is 10.6 Å². The first-order valence-corrected chi connectivity index (χ1v) is 4.93. The van der Waals surface area contributed by atoms with E-state index in [0.717, 1.165) is 0 Å². The van der Waals surface area contributed by atoms with Crippen molar-refractivity contribution < 1.29 is 13.6 Å². The van der Waals surface area contributed by atoms with Gasteiger partial charge in [-0.3, -0.25) is 4.79 Å². The van der Waals surface area contributed by atoms with Crippen LogP contribution in [0.3, 0.4) is 0 Å². The molecule has 0 aliphatic rings. The number of carbonyl (C=O) groups is 1. The molecule has 0 saturated carbocycles. The molecule has 0 spiro atoms. The average molecular weight is 279 g/mol. The molecule has 0 atom stereocenters. The molecule has 0 aromatic heterocycles. The van der Waals surface area contributed by atoms with Gasteiger partial charge in [-0.05, 0) is 29.0 Å². The predicted octanol–water partition coefficient (Wildman–Crippen LogP) is 1.89. The standard InChI is InChI=1S/C9H9BrF2N2O/c1-13-4-9(15)14-8-2-5(10)6(11)3-7(8)12/h2-3,13H,4H2,1H3,(H,14,15). The number of hydrogen-bond acceptors (Lipinski definition) is 2. The molecule has 0 bridgehead atoms. The zero-order valence-electron chi connectivity index (χ0n) is 7.90. The van der Waals surface area contributed by atoms with Crippen LogP contribution in [0.15, 0.2) is 16.6 Å². The summed E-state index contributed by atoms with van der Waals surface area (Å²) < 4.78 is 26.1. The first-order chi connectivity index (χ1) is 7.04. The number of amides is 1. The second-order valence-electron chi connectivity index (χ2n) is 2.82. The number of anilines is 1. The molecule has 1 aromatic rings. The number of hydrogen-bond donors (Lipinski definition) is 2. The zero-order chi connectivity index (χ0) is 11.4. The van der Waals surface area contributed by atoms with Crippen LogP contribution in [-0.4, -0.2) is 19.5 Å². The fraction of sp³-hybridized carbons (Fsp3) is 0.222. The Labute approximate surface area is 94.0 Å². The molecule has 0 heterocycles. The Kier molecular flexibility index (Phi) is 4.16. The number of benzene rings is 1. The number of halogens is 3. The van der Waals surface area contributed by atoms with Gasteiger partial charge >= 0.3 is 0 Å². The summed E-state index contributed by atoms with van der Waals surface area (Å²) in [5.41, 5.74) is -0.0523. The van der Waals surface area contributed by atoms with E-state index in [1.807, 2.05) is 0 Å². The second kappa shape index (κ2) is 5.18. The Hall–Kier alpha value is -1.01. The summed E-state index contributed by atoms with van der Waals surface area (Å²) >= 11 is 2.90. The first-order valence-electron chi connectivity index (χ1n) is 4.13. The van der Waals surface area contributed by atoms with Crippen LogP contribution in [0.1, 0.15) is 0 Å². The lowest BCUT2D eigenvalue weighted by atomic mass is 10.3. The molecule has 82 valence electrons. The molecule has 0 aliphatic heterocycles. The van der Waals surface area contributed by atoms with Crippen LogP contribution in [0.5, 0.6) is 0 Å². The summed E-state index contributed by atoms with van der Waals surface area (Å²) in [6.45, 7) is 0.0639. The van der Waals surface area contributed by atoms with Gasteiger partial charge in [0.1, 0.15) is 11.6 Å².